The van der Waals surface area contributed by atoms with E-state index in [-0.39, 0.29) is 10.8 Å². The van der Waals surface area contributed by atoms with Gasteiger partial charge in [0, 0.05) is 32.8 Å². The van der Waals surface area contributed by atoms with Crippen molar-refractivity contribution in [3.8, 4) is 39.9 Å². The molecule has 0 spiro atoms. The lowest BCUT2D eigenvalue weighted by molar-refractivity contribution is 0.332. The Hall–Kier alpha value is -7.17. The van der Waals surface area contributed by atoms with E-state index in [9.17, 15) is 0 Å². The van der Waals surface area contributed by atoms with E-state index in [1.165, 1.54) is 78.1 Å². The quantitative estimate of drug-likeness (QED) is 0.167. The van der Waals surface area contributed by atoms with Crippen LogP contribution in [0.2, 0.25) is 0 Å². The number of hydrogen-bond acceptors (Lipinski definition) is 3. The molecule has 0 N–H and O–H groups in total. The van der Waals surface area contributed by atoms with E-state index in [1.54, 1.807) is 0 Å². The van der Waals surface area contributed by atoms with Gasteiger partial charge in [0.15, 0.2) is 17.5 Å². The molecule has 292 valence electrons. The third-order valence-corrected chi connectivity index (χ3v) is 13.7. The van der Waals surface area contributed by atoms with Crippen molar-refractivity contribution in [2.24, 2.45) is 0 Å². The number of para-hydroxylation sites is 1. The van der Waals surface area contributed by atoms with Crippen LogP contribution in [-0.4, -0.2) is 19.5 Å². The summed E-state index contributed by atoms with van der Waals surface area (Å²) in [6.07, 6.45) is 2.35. The molecule has 12 rings (SSSR count). The second-order valence-corrected chi connectivity index (χ2v) is 18.2. The summed E-state index contributed by atoms with van der Waals surface area (Å²) in [5.74, 6) is 1.94. The van der Waals surface area contributed by atoms with Gasteiger partial charge in [-0.3, -0.25) is 0 Å². The van der Waals surface area contributed by atoms with Gasteiger partial charge < -0.3 is 4.57 Å². The number of nitrogens with zero attached hydrogens (tertiary/aromatic N) is 4. The van der Waals surface area contributed by atoms with Crippen molar-refractivity contribution in [1.29, 1.82) is 0 Å². The molecule has 0 atom stereocenters. The molecule has 9 aromatic carbocycles. The number of fused-ring (bicyclic) bond motifs is 11. The minimum atomic E-state index is 0.0883. The second kappa shape index (κ2) is 13.2. The first-order valence-electron chi connectivity index (χ1n) is 21.5. The topological polar surface area (TPSA) is 43.6 Å². The third kappa shape index (κ3) is 5.48. The van der Waals surface area contributed by atoms with Crippen LogP contribution in [0, 0.1) is 0 Å². The average molecular weight is 785 g/mol. The molecule has 11 aromatic rings. The summed E-state index contributed by atoms with van der Waals surface area (Å²) in [5.41, 5.74) is 9.61. The first-order valence-corrected chi connectivity index (χ1v) is 21.5. The van der Waals surface area contributed by atoms with E-state index in [0.29, 0.717) is 17.5 Å². The zero-order chi connectivity index (χ0) is 41.0. The van der Waals surface area contributed by atoms with E-state index in [4.69, 9.17) is 15.0 Å². The van der Waals surface area contributed by atoms with Gasteiger partial charge in [-0.1, -0.05) is 161 Å². The molecule has 0 radical (unpaired) electrons. The monoisotopic (exact) mass is 784 g/mol. The van der Waals surface area contributed by atoms with Gasteiger partial charge in [-0.15, -0.1) is 0 Å². The molecule has 2 aromatic heterocycles. The highest BCUT2D eigenvalue weighted by Crippen LogP contribution is 2.49. The minimum absolute atomic E-state index is 0.0883. The molecular formula is C57H44N4. The number of rotatable bonds is 4. The van der Waals surface area contributed by atoms with Gasteiger partial charge in [0.05, 0.1) is 16.7 Å². The predicted octanol–water partition coefficient (Wildman–Crippen LogP) is 14.9. The summed E-state index contributed by atoms with van der Waals surface area (Å²) in [5, 5.41) is 12.2. The first-order chi connectivity index (χ1) is 29.7. The lowest BCUT2D eigenvalue weighted by atomic mass is 9.63. The fourth-order valence-electron chi connectivity index (χ4n) is 10.4. The van der Waals surface area contributed by atoms with E-state index >= 15 is 0 Å². The van der Waals surface area contributed by atoms with Crippen LogP contribution < -0.4 is 0 Å². The van der Waals surface area contributed by atoms with Gasteiger partial charge in [0.25, 0.3) is 0 Å². The summed E-state index contributed by atoms with van der Waals surface area (Å²) >= 11 is 0. The Balaban J connectivity index is 1.09. The van der Waals surface area contributed by atoms with Crippen LogP contribution in [0.3, 0.4) is 0 Å². The molecule has 4 nitrogen and oxygen atoms in total. The third-order valence-electron chi connectivity index (χ3n) is 13.7. The van der Waals surface area contributed by atoms with Crippen LogP contribution in [0.25, 0.3) is 105 Å². The van der Waals surface area contributed by atoms with Gasteiger partial charge in [0.2, 0.25) is 0 Å². The molecule has 0 fully saturated rings. The summed E-state index contributed by atoms with van der Waals surface area (Å²) in [6.45, 7) is 9.66. The standard InChI is InChI=1S/C57H44N4/c1-56(2)30-31-57(3,4)49-34-52-47(33-48(49)56)44-24-14-15-25-50(44)61(52)51-29-28-45(41-22-12-13-23-43(41)51)55-59-53(35-16-6-5-7-17-35)58-54(60-55)36-26-27-42-39-20-9-8-18-37(39)38-19-10-11-21-40(38)46(42)32-36/h5-29,32-34H,30-31H2,1-4H3. The van der Waals surface area contributed by atoms with Gasteiger partial charge >= 0.3 is 0 Å². The van der Waals surface area contributed by atoms with Crippen LogP contribution in [0.5, 0.6) is 0 Å². The Kier molecular flexibility index (Phi) is 7.71. The van der Waals surface area contributed by atoms with Crippen molar-refractivity contribution in [2.75, 3.05) is 0 Å². The summed E-state index contributed by atoms with van der Waals surface area (Å²) in [4.78, 5) is 15.8. The van der Waals surface area contributed by atoms with Crippen molar-refractivity contribution in [2.45, 2.75) is 51.4 Å². The van der Waals surface area contributed by atoms with Gasteiger partial charge in [0.1, 0.15) is 0 Å². The number of aromatic nitrogens is 4. The van der Waals surface area contributed by atoms with E-state index in [0.717, 1.165) is 33.2 Å². The molecule has 0 saturated heterocycles. The van der Waals surface area contributed by atoms with Crippen molar-refractivity contribution < 1.29 is 0 Å². The van der Waals surface area contributed by atoms with Crippen LogP contribution in [0.15, 0.2) is 170 Å². The summed E-state index contributed by atoms with van der Waals surface area (Å²) in [7, 11) is 0. The Morgan fingerprint density at radius 3 is 1.54 bits per heavy atom. The van der Waals surface area contributed by atoms with Crippen molar-refractivity contribution in [3.05, 3.63) is 181 Å². The molecule has 0 bridgehead atoms. The Morgan fingerprint density at radius 2 is 0.869 bits per heavy atom. The minimum Gasteiger partial charge on any atom is -0.309 e. The van der Waals surface area contributed by atoms with Gasteiger partial charge in [-0.05, 0) is 109 Å². The molecule has 0 amide bonds. The Labute approximate surface area is 355 Å². The molecule has 1 aliphatic carbocycles. The molecule has 61 heavy (non-hydrogen) atoms. The molecular weight excluding hydrogens is 741 g/mol. The van der Waals surface area contributed by atoms with Crippen LogP contribution in [-0.2, 0) is 10.8 Å². The lowest BCUT2D eigenvalue weighted by Gasteiger charge is -2.42. The van der Waals surface area contributed by atoms with Crippen LogP contribution >= 0.6 is 0 Å². The SMILES string of the molecule is CC1(C)CCC(C)(C)c2cc3c(cc21)c1ccccc1n3-c1ccc(-c2nc(-c3ccccc3)nc(-c3ccc4c5ccccc5c5ccccc5c4c3)n2)c2ccccc12. The van der Waals surface area contributed by atoms with E-state index in [1.807, 2.05) is 18.2 Å². The number of benzene rings is 9. The van der Waals surface area contributed by atoms with Crippen molar-refractivity contribution >= 4 is 64.9 Å². The van der Waals surface area contributed by atoms with Crippen LogP contribution in [0.1, 0.15) is 51.7 Å². The fourth-order valence-corrected chi connectivity index (χ4v) is 10.4. The molecule has 0 aliphatic heterocycles. The average Bonchev–Trinajstić information content (AvgIpc) is 3.63. The van der Waals surface area contributed by atoms with Crippen molar-refractivity contribution in [3.63, 3.8) is 0 Å². The largest absolute Gasteiger partial charge is 0.309 e. The predicted molar refractivity (Wildman–Crippen MR) is 256 cm³/mol. The highest BCUT2D eigenvalue weighted by molar-refractivity contribution is 6.25. The Morgan fingerprint density at radius 1 is 0.361 bits per heavy atom. The van der Waals surface area contributed by atoms with E-state index < -0.39 is 0 Å². The molecule has 0 saturated carbocycles. The zero-order valence-electron chi connectivity index (χ0n) is 34.9. The smallest absolute Gasteiger partial charge is 0.164 e. The maximum absolute atomic E-state index is 5.34. The molecule has 4 heteroatoms. The van der Waals surface area contributed by atoms with Crippen LogP contribution in [0.4, 0.5) is 0 Å². The first kappa shape index (κ1) is 35.7. The van der Waals surface area contributed by atoms with Gasteiger partial charge in [-0.25, -0.2) is 15.0 Å². The van der Waals surface area contributed by atoms with E-state index in [2.05, 4.69) is 184 Å². The molecule has 2 heterocycles. The maximum Gasteiger partial charge on any atom is 0.164 e. The highest BCUT2D eigenvalue weighted by atomic mass is 15.0. The summed E-state index contributed by atoms with van der Waals surface area (Å²) < 4.78 is 2.49. The Bertz CT molecular complexity index is 3560. The maximum atomic E-state index is 5.34. The lowest BCUT2D eigenvalue weighted by Crippen LogP contribution is -2.33. The van der Waals surface area contributed by atoms with Gasteiger partial charge in [-0.2, -0.15) is 0 Å². The van der Waals surface area contributed by atoms with Crippen molar-refractivity contribution in [1.82, 2.24) is 19.5 Å². The normalized spacial score (nSPS) is 14.7. The second-order valence-electron chi connectivity index (χ2n) is 18.2. The molecule has 1 aliphatic rings. The zero-order valence-corrected chi connectivity index (χ0v) is 34.9. The number of hydrogen-bond donors (Lipinski definition) is 0. The highest BCUT2D eigenvalue weighted by Gasteiger charge is 2.38. The molecule has 0 unspecified atom stereocenters. The summed E-state index contributed by atoms with van der Waals surface area (Å²) in [6, 6.07) is 61.5. The fraction of sp³-hybridized carbons (Fsp3) is 0.140.